The molecule has 1 amide bonds. The van der Waals surface area contributed by atoms with Crippen LogP contribution in [0.4, 0.5) is 5.69 Å². The molecule has 0 spiro atoms. The third-order valence-corrected chi connectivity index (χ3v) is 3.60. The second kappa shape index (κ2) is 6.06. The highest BCUT2D eigenvalue weighted by Crippen LogP contribution is 2.26. The lowest BCUT2D eigenvalue weighted by Gasteiger charge is -2.20. The third kappa shape index (κ3) is 3.70. The fourth-order valence-corrected chi connectivity index (χ4v) is 2.63. The lowest BCUT2D eigenvalue weighted by atomic mass is 10.1. The predicted molar refractivity (Wildman–Crippen MR) is 78.2 cm³/mol. The average molecular weight is 261 g/mol. The molecule has 1 saturated carbocycles. The summed E-state index contributed by atoms with van der Waals surface area (Å²) in [6.45, 7) is 0.855. The molecule has 0 heterocycles. The van der Waals surface area contributed by atoms with Gasteiger partial charge in [-0.05, 0) is 44.6 Å². The van der Waals surface area contributed by atoms with Gasteiger partial charge >= 0.3 is 0 Å². The Bertz CT molecular complexity index is 451. The first-order valence-corrected chi connectivity index (χ1v) is 6.90. The maximum absolute atomic E-state index is 11.3. The van der Waals surface area contributed by atoms with E-state index >= 15 is 0 Å². The Hall–Kier alpha value is -1.55. The molecule has 0 unspecified atom stereocenters. The van der Waals surface area contributed by atoms with E-state index in [0.29, 0.717) is 11.6 Å². The maximum atomic E-state index is 11.3. The largest absolute Gasteiger partial charge is 0.382 e. The molecule has 1 aliphatic carbocycles. The van der Waals surface area contributed by atoms with Gasteiger partial charge in [0, 0.05) is 23.8 Å². The smallest absolute Gasteiger partial charge is 0.248 e. The van der Waals surface area contributed by atoms with Crippen molar-refractivity contribution in [3.05, 3.63) is 29.3 Å². The monoisotopic (exact) mass is 261 g/mol. The van der Waals surface area contributed by atoms with Crippen LogP contribution < -0.4 is 11.1 Å². The summed E-state index contributed by atoms with van der Waals surface area (Å²) in [5, 5.41) is 3.58. The summed E-state index contributed by atoms with van der Waals surface area (Å²) >= 11 is 0. The molecule has 3 N–H and O–H groups in total. The van der Waals surface area contributed by atoms with Gasteiger partial charge in [-0.1, -0.05) is 18.9 Å². The molecule has 4 heteroatoms. The second-order valence-corrected chi connectivity index (χ2v) is 5.60. The van der Waals surface area contributed by atoms with Crippen molar-refractivity contribution >= 4 is 11.6 Å². The van der Waals surface area contributed by atoms with E-state index < -0.39 is 0 Å². The van der Waals surface area contributed by atoms with Gasteiger partial charge in [0.05, 0.1) is 0 Å². The van der Waals surface area contributed by atoms with Crippen molar-refractivity contribution in [3.63, 3.8) is 0 Å². The molecule has 1 fully saturated rings. The van der Waals surface area contributed by atoms with Gasteiger partial charge < -0.3 is 16.0 Å². The maximum Gasteiger partial charge on any atom is 0.248 e. The van der Waals surface area contributed by atoms with Crippen LogP contribution in [-0.4, -0.2) is 30.9 Å². The molecular formula is C15H23N3O. The molecule has 0 atom stereocenters. The number of carbonyl (C=O) groups is 1. The van der Waals surface area contributed by atoms with E-state index in [0.717, 1.165) is 12.2 Å². The SMILES string of the molecule is CN(C)Cc1ccc(C(N)=O)cc1NC1CCCC1. The van der Waals surface area contributed by atoms with E-state index in [-0.39, 0.29) is 5.91 Å². The molecule has 4 nitrogen and oxygen atoms in total. The predicted octanol–water partition coefficient (Wildman–Crippen LogP) is 2.20. The van der Waals surface area contributed by atoms with E-state index in [9.17, 15) is 4.79 Å². The number of amides is 1. The Balaban J connectivity index is 2.23. The van der Waals surface area contributed by atoms with Crippen LogP contribution >= 0.6 is 0 Å². The number of nitrogens with one attached hydrogen (secondary N) is 1. The van der Waals surface area contributed by atoms with Crippen molar-refractivity contribution < 1.29 is 4.79 Å². The first-order chi connectivity index (χ1) is 9.06. The highest BCUT2D eigenvalue weighted by molar-refractivity contribution is 5.94. The van der Waals surface area contributed by atoms with E-state index in [1.807, 2.05) is 26.2 Å². The van der Waals surface area contributed by atoms with Crippen LogP contribution in [-0.2, 0) is 6.54 Å². The van der Waals surface area contributed by atoms with Crippen LogP contribution in [0.15, 0.2) is 18.2 Å². The molecule has 0 radical (unpaired) electrons. The molecule has 1 aromatic rings. The minimum atomic E-state index is -0.370. The Morgan fingerprint density at radius 3 is 2.63 bits per heavy atom. The van der Waals surface area contributed by atoms with Crippen LogP contribution in [0, 0.1) is 0 Å². The van der Waals surface area contributed by atoms with Crippen molar-refractivity contribution in [1.82, 2.24) is 4.90 Å². The lowest BCUT2D eigenvalue weighted by molar-refractivity contribution is 0.100. The fourth-order valence-electron chi connectivity index (χ4n) is 2.63. The van der Waals surface area contributed by atoms with Crippen LogP contribution in [0.2, 0.25) is 0 Å². The molecule has 0 aliphatic heterocycles. The first kappa shape index (κ1) is 13.9. The van der Waals surface area contributed by atoms with Crippen molar-refractivity contribution in [2.75, 3.05) is 19.4 Å². The summed E-state index contributed by atoms with van der Waals surface area (Å²) in [6, 6.07) is 6.22. The topological polar surface area (TPSA) is 58.4 Å². The summed E-state index contributed by atoms with van der Waals surface area (Å²) in [4.78, 5) is 13.4. The van der Waals surface area contributed by atoms with Crippen molar-refractivity contribution in [3.8, 4) is 0 Å². The Labute approximate surface area is 115 Å². The standard InChI is InChI=1S/C15H23N3O/c1-18(2)10-12-8-7-11(15(16)19)9-14(12)17-13-5-3-4-6-13/h7-9,13,17H,3-6,10H2,1-2H3,(H2,16,19). The molecule has 0 aromatic heterocycles. The molecule has 0 saturated heterocycles. The van der Waals surface area contributed by atoms with Gasteiger partial charge in [0.25, 0.3) is 0 Å². The molecule has 0 bridgehead atoms. The Morgan fingerprint density at radius 1 is 1.37 bits per heavy atom. The molecule has 2 rings (SSSR count). The summed E-state index contributed by atoms with van der Waals surface area (Å²) in [5.41, 5.74) is 8.20. The number of hydrogen-bond donors (Lipinski definition) is 2. The third-order valence-electron chi connectivity index (χ3n) is 3.60. The highest BCUT2D eigenvalue weighted by Gasteiger charge is 2.17. The summed E-state index contributed by atoms with van der Waals surface area (Å²) in [5.74, 6) is -0.370. The average Bonchev–Trinajstić information content (AvgIpc) is 2.83. The zero-order valence-electron chi connectivity index (χ0n) is 11.8. The van der Waals surface area contributed by atoms with Gasteiger partial charge in [-0.15, -0.1) is 0 Å². The number of carbonyl (C=O) groups excluding carboxylic acids is 1. The van der Waals surface area contributed by atoms with Crippen LogP contribution in [0.5, 0.6) is 0 Å². The molecule has 19 heavy (non-hydrogen) atoms. The molecule has 104 valence electrons. The van der Waals surface area contributed by atoms with E-state index in [4.69, 9.17) is 5.73 Å². The van der Waals surface area contributed by atoms with Crippen molar-refractivity contribution in [2.45, 2.75) is 38.3 Å². The fraction of sp³-hybridized carbons (Fsp3) is 0.533. The second-order valence-electron chi connectivity index (χ2n) is 5.60. The van der Waals surface area contributed by atoms with Crippen LogP contribution in [0.3, 0.4) is 0 Å². The minimum Gasteiger partial charge on any atom is -0.382 e. The van der Waals surface area contributed by atoms with E-state index in [1.165, 1.54) is 31.2 Å². The van der Waals surface area contributed by atoms with Gasteiger partial charge in [0.1, 0.15) is 0 Å². The summed E-state index contributed by atoms with van der Waals surface area (Å²) in [6.07, 6.45) is 5.00. The highest BCUT2D eigenvalue weighted by atomic mass is 16.1. The first-order valence-electron chi connectivity index (χ1n) is 6.90. The molecular weight excluding hydrogens is 238 g/mol. The number of hydrogen-bond acceptors (Lipinski definition) is 3. The normalized spacial score (nSPS) is 15.9. The van der Waals surface area contributed by atoms with E-state index in [2.05, 4.69) is 10.2 Å². The number of primary amides is 1. The number of nitrogens with two attached hydrogens (primary N) is 1. The number of rotatable bonds is 5. The summed E-state index contributed by atoms with van der Waals surface area (Å²) in [7, 11) is 4.09. The van der Waals surface area contributed by atoms with Crippen molar-refractivity contribution in [2.24, 2.45) is 5.73 Å². The Morgan fingerprint density at radius 2 is 2.05 bits per heavy atom. The number of anilines is 1. The van der Waals surface area contributed by atoms with Gasteiger partial charge in [-0.2, -0.15) is 0 Å². The summed E-state index contributed by atoms with van der Waals surface area (Å²) < 4.78 is 0. The van der Waals surface area contributed by atoms with Gasteiger partial charge in [0.2, 0.25) is 5.91 Å². The minimum absolute atomic E-state index is 0.370. The number of benzene rings is 1. The molecule has 1 aromatic carbocycles. The number of nitrogens with zero attached hydrogens (tertiary/aromatic N) is 1. The Kier molecular flexibility index (Phi) is 4.43. The van der Waals surface area contributed by atoms with Gasteiger partial charge in [-0.3, -0.25) is 4.79 Å². The van der Waals surface area contributed by atoms with E-state index in [1.54, 1.807) is 6.07 Å². The zero-order chi connectivity index (χ0) is 13.8. The quantitative estimate of drug-likeness (QED) is 0.854. The molecule has 1 aliphatic rings. The zero-order valence-corrected chi connectivity index (χ0v) is 11.8. The lowest BCUT2D eigenvalue weighted by Crippen LogP contribution is -2.19. The van der Waals surface area contributed by atoms with Crippen LogP contribution in [0.25, 0.3) is 0 Å². The van der Waals surface area contributed by atoms with Gasteiger partial charge in [0.15, 0.2) is 0 Å². The van der Waals surface area contributed by atoms with Gasteiger partial charge in [-0.25, -0.2) is 0 Å². The van der Waals surface area contributed by atoms with Crippen LogP contribution in [0.1, 0.15) is 41.6 Å². The van der Waals surface area contributed by atoms with Crippen molar-refractivity contribution in [1.29, 1.82) is 0 Å².